The number of nitrogens with one attached hydrogen (secondary N) is 1. The molecular weight excluding hydrogens is 282 g/mol. The smallest absolute Gasteiger partial charge is 0.255 e. The lowest BCUT2D eigenvalue weighted by Crippen LogP contribution is -2.37. The van der Waals surface area contributed by atoms with Gasteiger partial charge in [0.15, 0.2) is 0 Å². The maximum atomic E-state index is 12.4. The summed E-state index contributed by atoms with van der Waals surface area (Å²) < 4.78 is 12.9. The largest absolute Gasteiger partial charge is 0.469 e. The molecule has 22 heavy (non-hydrogen) atoms. The number of carbonyl (C=O) groups excluding carboxylic acids is 1. The van der Waals surface area contributed by atoms with E-state index < -0.39 is 0 Å². The van der Waals surface area contributed by atoms with Gasteiger partial charge in [-0.2, -0.15) is 5.10 Å². The van der Waals surface area contributed by atoms with Crippen LogP contribution in [0, 0.1) is 20.8 Å². The van der Waals surface area contributed by atoms with E-state index in [0.29, 0.717) is 17.9 Å². The number of aromatic nitrogens is 2. The predicted molar refractivity (Wildman–Crippen MR) is 80.7 cm³/mol. The van der Waals surface area contributed by atoms with Crippen LogP contribution in [-0.2, 0) is 11.8 Å². The first-order valence-corrected chi connectivity index (χ1v) is 7.45. The van der Waals surface area contributed by atoms with Gasteiger partial charge in [0.1, 0.15) is 11.9 Å². The minimum atomic E-state index is -0.148. The second kappa shape index (κ2) is 5.61. The molecule has 1 aliphatic rings. The summed E-state index contributed by atoms with van der Waals surface area (Å²) >= 11 is 0. The number of furan rings is 1. The Labute approximate surface area is 129 Å². The van der Waals surface area contributed by atoms with Crippen molar-refractivity contribution in [2.45, 2.75) is 39.3 Å². The van der Waals surface area contributed by atoms with E-state index in [1.54, 1.807) is 13.0 Å². The van der Waals surface area contributed by atoms with Crippen molar-refractivity contribution in [3.8, 4) is 0 Å². The van der Waals surface area contributed by atoms with Crippen molar-refractivity contribution in [3.63, 3.8) is 0 Å². The average Bonchev–Trinajstić information content (AvgIpc) is 3.13. The number of aryl methyl sites for hydroxylation is 3. The third-order valence-electron chi connectivity index (χ3n) is 4.36. The summed E-state index contributed by atoms with van der Waals surface area (Å²) in [5, 5.41) is 7.52. The molecule has 2 aromatic heterocycles. The highest BCUT2D eigenvalue weighted by molar-refractivity contribution is 5.95. The van der Waals surface area contributed by atoms with Crippen molar-refractivity contribution in [2.75, 3.05) is 6.61 Å². The van der Waals surface area contributed by atoms with Crippen molar-refractivity contribution in [1.82, 2.24) is 15.1 Å². The molecule has 0 aromatic carbocycles. The van der Waals surface area contributed by atoms with Crippen molar-refractivity contribution < 1.29 is 13.9 Å². The van der Waals surface area contributed by atoms with E-state index in [0.717, 1.165) is 23.4 Å². The van der Waals surface area contributed by atoms with Gasteiger partial charge in [-0.25, -0.2) is 0 Å². The van der Waals surface area contributed by atoms with Crippen molar-refractivity contribution in [3.05, 3.63) is 40.6 Å². The van der Waals surface area contributed by atoms with E-state index in [1.807, 2.05) is 25.6 Å². The number of hydrogen-bond acceptors (Lipinski definition) is 4. The second-order valence-corrected chi connectivity index (χ2v) is 5.76. The molecule has 0 unspecified atom stereocenters. The van der Waals surface area contributed by atoms with Crippen LogP contribution in [0.25, 0.3) is 0 Å². The Morgan fingerprint density at radius 3 is 2.77 bits per heavy atom. The van der Waals surface area contributed by atoms with Crippen molar-refractivity contribution in [2.24, 2.45) is 7.05 Å². The summed E-state index contributed by atoms with van der Waals surface area (Å²) in [5.41, 5.74) is 3.67. The predicted octanol–water partition coefficient (Wildman–Crippen LogP) is 2.20. The molecule has 0 bridgehead atoms. The Morgan fingerprint density at radius 2 is 2.18 bits per heavy atom. The fraction of sp³-hybridized carbons (Fsp3) is 0.500. The molecule has 1 saturated heterocycles. The molecule has 2 atom stereocenters. The second-order valence-electron chi connectivity index (χ2n) is 5.76. The first kappa shape index (κ1) is 14.8. The minimum Gasteiger partial charge on any atom is -0.469 e. The van der Waals surface area contributed by atoms with Crippen LogP contribution in [0.3, 0.4) is 0 Å². The topological polar surface area (TPSA) is 69.3 Å². The molecule has 3 rings (SSSR count). The highest BCUT2D eigenvalue weighted by Crippen LogP contribution is 2.33. The number of rotatable bonds is 3. The number of amides is 1. The Bertz CT molecular complexity index is 702. The number of nitrogens with zero attached hydrogens (tertiary/aromatic N) is 2. The van der Waals surface area contributed by atoms with Crippen LogP contribution >= 0.6 is 0 Å². The molecule has 0 saturated carbocycles. The van der Waals surface area contributed by atoms with E-state index in [-0.39, 0.29) is 18.1 Å². The molecular formula is C16H21N3O3. The summed E-state index contributed by atoms with van der Waals surface area (Å²) in [7, 11) is 1.92. The number of ether oxygens (including phenoxy) is 1. The van der Waals surface area contributed by atoms with E-state index in [2.05, 4.69) is 10.4 Å². The molecule has 3 heterocycles. The van der Waals surface area contributed by atoms with Crippen LogP contribution in [0.1, 0.15) is 45.6 Å². The van der Waals surface area contributed by atoms with Gasteiger partial charge < -0.3 is 14.5 Å². The molecule has 1 aliphatic heterocycles. The molecule has 0 spiro atoms. The van der Waals surface area contributed by atoms with E-state index in [1.165, 1.54) is 6.26 Å². The van der Waals surface area contributed by atoms with E-state index >= 15 is 0 Å². The summed E-state index contributed by atoms with van der Waals surface area (Å²) in [6.07, 6.45) is 2.17. The van der Waals surface area contributed by atoms with Crippen LogP contribution in [-0.4, -0.2) is 28.3 Å². The highest BCUT2D eigenvalue weighted by atomic mass is 16.5. The summed E-state index contributed by atoms with van der Waals surface area (Å²) in [6, 6.07) is 1.64. The SMILES string of the molecule is Cc1nn(C)c(C)c1[C@H]1OCC[C@@H]1NC(=O)c1ccoc1C. The number of hydrogen-bond donors (Lipinski definition) is 1. The molecule has 6 heteroatoms. The van der Waals surface area contributed by atoms with Gasteiger partial charge in [0.25, 0.3) is 5.91 Å². The first-order valence-electron chi connectivity index (χ1n) is 7.45. The van der Waals surface area contributed by atoms with E-state index in [4.69, 9.17) is 9.15 Å². The van der Waals surface area contributed by atoms with Gasteiger partial charge in [-0.15, -0.1) is 0 Å². The number of carbonyl (C=O) groups is 1. The Kier molecular flexibility index (Phi) is 3.78. The third kappa shape index (κ3) is 2.43. The highest BCUT2D eigenvalue weighted by Gasteiger charge is 2.35. The lowest BCUT2D eigenvalue weighted by atomic mass is 10.00. The van der Waals surface area contributed by atoms with Gasteiger partial charge in [0, 0.05) is 24.9 Å². The zero-order valence-electron chi connectivity index (χ0n) is 13.3. The molecule has 0 radical (unpaired) electrons. The third-order valence-corrected chi connectivity index (χ3v) is 4.36. The van der Waals surface area contributed by atoms with Gasteiger partial charge >= 0.3 is 0 Å². The van der Waals surface area contributed by atoms with Gasteiger partial charge in [-0.1, -0.05) is 0 Å². The van der Waals surface area contributed by atoms with Crippen molar-refractivity contribution in [1.29, 1.82) is 0 Å². The van der Waals surface area contributed by atoms with Crippen LogP contribution in [0.2, 0.25) is 0 Å². The zero-order valence-corrected chi connectivity index (χ0v) is 13.3. The Morgan fingerprint density at radius 1 is 1.41 bits per heavy atom. The molecule has 2 aromatic rings. The molecule has 1 amide bonds. The van der Waals surface area contributed by atoms with Gasteiger partial charge in [0.2, 0.25) is 0 Å². The summed E-state index contributed by atoms with van der Waals surface area (Å²) in [5.74, 6) is 0.507. The van der Waals surface area contributed by atoms with Crippen LogP contribution in [0.5, 0.6) is 0 Å². The zero-order chi connectivity index (χ0) is 15.9. The Hall–Kier alpha value is -2.08. The maximum absolute atomic E-state index is 12.4. The first-order chi connectivity index (χ1) is 10.5. The molecule has 118 valence electrons. The minimum absolute atomic E-state index is 0.0524. The molecule has 1 fully saturated rings. The lowest BCUT2D eigenvalue weighted by molar-refractivity contribution is 0.0816. The summed E-state index contributed by atoms with van der Waals surface area (Å²) in [6.45, 7) is 6.42. The Balaban J connectivity index is 1.82. The quantitative estimate of drug-likeness (QED) is 0.943. The standard InChI is InChI=1S/C16H21N3O3/c1-9-14(10(2)19(4)18-9)15-13(6-8-22-15)17-16(20)12-5-7-21-11(12)3/h5,7,13,15H,6,8H2,1-4H3,(H,17,20)/t13-,15-/m0/s1. The lowest BCUT2D eigenvalue weighted by Gasteiger charge is -2.20. The maximum Gasteiger partial charge on any atom is 0.255 e. The van der Waals surface area contributed by atoms with E-state index in [9.17, 15) is 4.79 Å². The van der Waals surface area contributed by atoms with Gasteiger partial charge in [-0.3, -0.25) is 9.48 Å². The fourth-order valence-corrected chi connectivity index (χ4v) is 3.09. The van der Waals surface area contributed by atoms with Crippen LogP contribution < -0.4 is 5.32 Å². The summed E-state index contributed by atoms with van der Waals surface area (Å²) in [4.78, 5) is 12.4. The van der Waals surface area contributed by atoms with Crippen molar-refractivity contribution >= 4 is 5.91 Å². The fourth-order valence-electron chi connectivity index (χ4n) is 3.09. The molecule has 1 N–H and O–H groups in total. The normalized spacial score (nSPS) is 21.3. The molecule has 6 nitrogen and oxygen atoms in total. The van der Waals surface area contributed by atoms with Gasteiger partial charge in [0.05, 0.1) is 23.6 Å². The average molecular weight is 303 g/mol. The monoisotopic (exact) mass is 303 g/mol. The van der Waals surface area contributed by atoms with Gasteiger partial charge in [-0.05, 0) is 33.3 Å². The van der Waals surface area contributed by atoms with Crippen LogP contribution in [0.15, 0.2) is 16.7 Å². The molecule has 0 aliphatic carbocycles. The van der Waals surface area contributed by atoms with Crippen LogP contribution in [0.4, 0.5) is 0 Å².